The molecular weight excluding hydrogens is 304 g/mol. The number of nitriles is 1. The Morgan fingerprint density at radius 3 is 2.68 bits per heavy atom. The fourth-order valence-corrected chi connectivity index (χ4v) is 2.00. The number of carbonyl (C=O) groups excluding carboxylic acids is 1. The van der Waals surface area contributed by atoms with Crippen LogP contribution in [0.3, 0.4) is 0 Å². The first kappa shape index (κ1) is 17.9. The van der Waals surface area contributed by atoms with Gasteiger partial charge in [0.2, 0.25) is 0 Å². The van der Waals surface area contributed by atoms with Crippen LogP contribution >= 0.6 is 11.6 Å². The molecule has 1 aromatic rings. The molecule has 1 N–H and O–H groups in total. The van der Waals surface area contributed by atoms with Crippen molar-refractivity contribution in [3.63, 3.8) is 0 Å². The number of amides is 1. The van der Waals surface area contributed by atoms with E-state index in [4.69, 9.17) is 26.3 Å². The predicted molar refractivity (Wildman–Crippen MR) is 86.1 cm³/mol. The van der Waals surface area contributed by atoms with Crippen LogP contribution in [0.4, 0.5) is 0 Å². The molecule has 0 saturated carbocycles. The van der Waals surface area contributed by atoms with E-state index in [1.54, 1.807) is 12.1 Å². The van der Waals surface area contributed by atoms with Crippen molar-refractivity contribution in [1.82, 2.24) is 5.32 Å². The lowest BCUT2D eigenvalue weighted by atomic mass is 10.1. The number of halogens is 1. The highest BCUT2D eigenvalue weighted by atomic mass is 35.5. The molecule has 22 heavy (non-hydrogen) atoms. The maximum Gasteiger partial charge on any atom is 0.261 e. The van der Waals surface area contributed by atoms with E-state index < -0.39 is 5.91 Å². The van der Waals surface area contributed by atoms with Gasteiger partial charge in [-0.3, -0.25) is 4.79 Å². The van der Waals surface area contributed by atoms with Crippen molar-refractivity contribution in [2.75, 3.05) is 20.3 Å². The third-order valence-corrected chi connectivity index (χ3v) is 2.97. The molecule has 1 aromatic carbocycles. The molecule has 6 heteroatoms. The molecule has 0 atom stereocenters. The van der Waals surface area contributed by atoms with Gasteiger partial charge in [0, 0.05) is 7.05 Å². The summed E-state index contributed by atoms with van der Waals surface area (Å²) in [7, 11) is 1.47. The highest BCUT2D eigenvalue weighted by Gasteiger charge is 2.13. The van der Waals surface area contributed by atoms with E-state index in [0.29, 0.717) is 35.3 Å². The third kappa shape index (κ3) is 4.68. The van der Waals surface area contributed by atoms with Gasteiger partial charge in [0.1, 0.15) is 11.6 Å². The number of hydrogen-bond donors (Lipinski definition) is 1. The van der Waals surface area contributed by atoms with Gasteiger partial charge < -0.3 is 14.8 Å². The zero-order valence-corrected chi connectivity index (χ0v) is 13.7. The van der Waals surface area contributed by atoms with Crippen LogP contribution in [0.25, 0.3) is 6.08 Å². The fraction of sp³-hybridized carbons (Fsp3) is 0.375. The van der Waals surface area contributed by atoms with Gasteiger partial charge in [-0.05, 0) is 37.1 Å². The maximum atomic E-state index is 11.6. The standard InChI is InChI=1S/C16H19ClN2O3/c1-4-6-22-15-13(17)8-11(9-14(15)21-5-2)7-12(10-18)16(20)19-3/h7-9H,4-6H2,1-3H3,(H,19,20)/b12-7-. The molecule has 0 fully saturated rings. The first-order valence-electron chi connectivity index (χ1n) is 7.00. The van der Waals surface area contributed by atoms with Gasteiger partial charge in [-0.1, -0.05) is 18.5 Å². The molecule has 118 valence electrons. The van der Waals surface area contributed by atoms with E-state index in [-0.39, 0.29) is 5.57 Å². The molecule has 0 aliphatic heterocycles. The first-order chi connectivity index (χ1) is 10.6. The lowest BCUT2D eigenvalue weighted by Gasteiger charge is -2.14. The van der Waals surface area contributed by atoms with E-state index in [9.17, 15) is 4.79 Å². The zero-order valence-electron chi connectivity index (χ0n) is 12.9. The van der Waals surface area contributed by atoms with Gasteiger partial charge >= 0.3 is 0 Å². The van der Waals surface area contributed by atoms with E-state index in [1.165, 1.54) is 13.1 Å². The number of benzene rings is 1. The molecule has 1 amide bonds. The summed E-state index contributed by atoms with van der Waals surface area (Å²) in [6.07, 6.45) is 2.30. The van der Waals surface area contributed by atoms with E-state index in [0.717, 1.165) is 6.42 Å². The molecule has 0 unspecified atom stereocenters. The van der Waals surface area contributed by atoms with Crippen LogP contribution in [-0.2, 0) is 4.79 Å². The number of rotatable bonds is 7. The monoisotopic (exact) mass is 322 g/mol. The smallest absolute Gasteiger partial charge is 0.261 e. The number of likely N-dealkylation sites (N-methyl/N-ethyl adjacent to an activating group) is 1. The molecule has 0 aliphatic carbocycles. The maximum absolute atomic E-state index is 11.6. The van der Waals surface area contributed by atoms with Crippen molar-refractivity contribution in [3.8, 4) is 17.6 Å². The predicted octanol–water partition coefficient (Wildman–Crippen LogP) is 3.18. The Bertz CT molecular complexity index is 606. The molecular formula is C16H19ClN2O3. The minimum absolute atomic E-state index is 0.0109. The van der Waals surface area contributed by atoms with Crippen LogP contribution in [0.1, 0.15) is 25.8 Å². The van der Waals surface area contributed by atoms with Crippen LogP contribution in [0.15, 0.2) is 17.7 Å². The second kappa shape index (κ2) is 8.96. The summed E-state index contributed by atoms with van der Waals surface area (Å²) in [5.74, 6) is 0.507. The largest absolute Gasteiger partial charge is 0.490 e. The lowest BCUT2D eigenvalue weighted by molar-refractivity contribution is -0.116. The summed E-state index contributed by atoms with van der Waals surface area (Å²) >= 11 is 6.23. The van der Waals surface area contributed by atoms with Gasteiger partial charge in [-0.2, -0.15) is 5.26 Å². The van der Waals surface area contributed by atoms with Crippen LogP contribution in [0.5, 0.6) is 11.5 Å². The molecule has 0 aliphatic rings. The zero-order chi connectivity index (χ0) is 16.5. The highest BCUT2D eigenvalue weighted by Crippen LogP contribution is 2.37. The molecule has 1 rings (SSSR count). The van der Waals surface area contributed by atoms with Gasteiger partial charge in [-0.15, -0.1) is 0 Å². The van der Waals surface area contributed by atoms with Gasteiger partial charge in [0.05, 0.1) is 18.2 Å². The summed E-state index contributed by atoms with van der Waals surface area (Å²) < 4.78 is 11.1. The average Bonchev–Trinajstić information content (AvgIpc) is 2.51. The Kier molecular flexibility index (Phi) is 7.27. The Morgan fingerprint density at radius 1 is 1.41 bits per heavy atom. The summed E-state index contributed by atoms with van der Waals surface area (Å²) in [6, 6.07) is 5.18. The third-order valence-electron chi connectivity index (χ3n) is 2.69. The summed E-state index contributed by atoms with van der Waals surface area (Å²) in [4.78, 5) is 11.6. The SMILES string of the molecule is CCCOc1c(Cl)cc(/C=C(/C#N)C(=O)NC)cc1OCC. The van der Waals surface area contributed by atoms with Crippen LogP contribution in [0.2, 0.25) is 5.02 Å². The summed E-state index contributed by atoms with van der Waals surface area (Å²) in [6.45, 7) is 4.82. The van der Waals surface area contributed by atoms with Crippen LogP contribution in [-0.4, -0.2) is 26.2 Å². The minimum Gasteiger partial charge on any atom is -0.490 e. The highest BCUT2D eigenvalue weighted by molar-refractivity contribution is 6.32. The molecule has 5 nitrogen and oxygen atoms in total. The van der Waals surface area contributed by atoms with Crippen molar-refractivity contribution in [1.29, 1.82) is 5.26 Å². The molecule has 0 heterocycles. The summed E-state index contributed by atoms with van der Waals surface area (Å²) in [5, 5.41) is 11.8. The average molecular weight is 323 g/mol. The Balaban J connectivity index is 3.26. The molecule has 0 bridgehead atoms. The van der Waals surface area contributed by atoms with Gasteiger partial charge in [0.15, 0.2) is 11.5 Å². The van der Waals surface area contributed by atoms with E-state index in [2.05, 4.69) is 5.32 Å². The summed E-state index contributed by atoms with van der Waals surface area (Å²) in [5.41, 5.74) is 0.584. The van der Waals surface area contributed by atoms with Crippen LogP contribution < -0.4 is 14.8 Å². The van der Waals surface area contributed by atoms with Crippen molar-refractivity contribution in [2.45, 2.75) is 20.3 Å². The number of nitrogens with one attached hydrogen (secondary N) is 1. The number of ether oxygens (including phenoxy) is 2. The van der Waals surface area contributed by atoms with Gasteiger partial charge in [0.25, 0.3) is 5.91 Å². The van der Waals surface area contributed by atoms with Crippen molar-refractivity contribution in [2.24, 2.45) is 0 Å². The molecule has 0 aromatic heterocycles. The van der Waals surface area contributed by atoms with E-state index >= 15 is 0 Å². The Hall–Kier alpha value is -2.19. The van der Waals surface area contributed by atoms with Gasteiger partial charge in [-0.25, -0.2) is 0 Å². The first-order valence-corrected chi connectivity index (χ1v) is 7.38. The number of nitrogens with zero attached hydrogens (tertiary/aromatic N) is 1. The minimum atomic E-state index is -0.456. The fourth-order valence-electron chi connectivity index (χ4n) is 1.73. The topological polar surface area (TPSA) is 71.3 Å². The Morgan fingerprint density at radius 2 is 2.14 bits per heavy atom. The Labute approximate surface area is 135 Å². The number of hydrogen-bond acceptors (Lipinski definition) is 4. The second-order valence-corrected chi connectivity index (χ2v) is 4.77. The second-order valence-electron chi connectivity index (χ2n) is 4.36. The molecule has 0 radical (unpaired) electrons. The molecule has 0 saturated heterocycles. The lowest BCUT2D eigenvalue weighted by Crippen LogP contribution is -2.19. The van der Waals surface area contributed by atoms with Crippen molar-refractivity contribution < 1.29 is 14.3 Å². The molecule has 0 spiro atoms. The van der Waals surface area contributed by atoms with Crippen molar-refractivity contribution in [3.05, 3.63) is 28.3 Å². The normalized spacial score (nSPS) is 10.8. The number of carbonyl (C=O) groups is 1. The van der Waals surface area contributed by atoms with Crippen molar-refractivity contribution >= 4 is 23.6 Å². The quantitative estimate of drug-likeness (QED) is 0.618. The van der Waals surface area contributed by atoms with Crippen LogP contribution in [0, 0.1) is 11.3 Å². The van der Waals surface area contributed by atoms with E-state index in [1.807, 2.05) is 19.9 Å².